The summed E-state index contributed by atoms with van der Waals surface area (Å²) in [6, 6.07) is 6.90. The molecule has 0 aliphatic carbocycles. The van der Waals surface area contributed by atoms with Crippen molar-refractivity contribution >= 4 is 0 Å². The van der Waals surface area contributed by atoms with Crippen molar-refractivity contribution in [1.29, 1.82) is 0 Å². The second kappa shape index (κ2) is 6.80. The van der Waals surface area contributed by atoms with E-state index in [1.807, 2.05) is 0 Å². The molecule has 0 saturated heterocycles. The molecule has 1 unspecified atom stereocenters. The Bertz CT molecular complexity index is 321. The zero-order chi connectivity index (χ0) is 12.8. The Morgan fingerprint density at radius 3 is 2.12 bits per heavy atom. The van der Waals surface area contributed by atoms with E-state index < -0.39 is 0 Å². The van der Waals surface area contributed by atoms with Gasteiger partial charge in [0.1, 0.15) is 0 Å². The third-order valence-electron chi connectivity index (χ3n) is 3.38. The number of rotatable bonds is 6. The standard InChI is InChI=1S/C16H27N/c1-6-17-11-16(12(2)3)10-15-8-13(4)7-14(5)9-15/h7-9,12,16-17H,6,10-11H2,1-5H3. The number of hydrogen-bond acceptors (Lipinski definition) is 1. The first-order chi connectivity index (χ1) is 8.02. The molecule has 0 spiro atoms. The van der Waals surface area contributed by atoms with Gasteiger partial charge in [0, 0.05) is 0 Å². The minimum Gasteiger partial charge on any atom is -0.317 e. The van der Waals surface area contributed by atoms with Crippen molar-refractivity contribution in [2.45, 2.75) is 41.0 Å². The maximum atomic E-state index is 3.48. The van der Waals surface area contributed by atoms with Gasteiger partial charge in [-0.15, -0.1) is 0 Å². The minimum atomic E-state index is 0.731. The Balaban J connectivity index is 2.71. The topological polar surface area (TPSA) is 12.0 Å². The van der Waals surface area contributed by atoms with Crippen LogP contribution in [0.15, 0.2) is 18.2 Å². The largest absolute Gasteiger partial charge is 0.317 e. The van der Waals surface area contributed by atoms with E-state index in [9.17, 15) is 0 Å². The third kappa shape index (κ3) is 4.91. The van der Waals surface area contributed by atoms with Crippen LogP contribution in [0.2, 0.25) is 0 Å². The van der Waals surface area contributed by atoms with E-state index in [0.29, 0.717) is 0 Å². The van der Waals surface area contributed by atoms with Gasteiger partial charge in [-0.1, -0.05) is 50.1 Å². The van der Waals surface area contributed by atoms with E-state index >= 15 is 0 Å². The first-order valence-electron chi connectivity index (χ1n) is 6.80. The van der Waals surface area contributed by atoms with Crippen molar-refractivity contribution in [3.63, 3.8) is 0 Å². The summed E-state index contributed by atoms with van der Waals surface area (Å²) >= 11 is 0. The molecule has 0 aliphatic rings. The average Bonchev–Trinajstić information content (AvgIpc) is 2.22. The minimum absolute atomic E-state index is 0.731. The van der Waals surface area contributed by atoms with E-state index in [4.69, 9.17) is 0 Å². The first kappa shape index (κ1) is 14.2. The van der Waals surface area contributed by atoms with Crippen LogP contribution in [-0.2, 0) is 6.42 Å². The molecule has 96 valence electrons. The lowest BCUT2D eigenvalue weighted by Crippen LogP contribution is -2.27. The number of hydrogen-bond donors (Lipinski definition) is 1. The van der Waals surface area contributed by atoms with Crippen molar-refractivity contribution in [3.05, 3.63) is 34.9 Å². The van der Waals surface area contributed by atoms with Crippen molar-refractivity contribution < 1.29 is 0 Å². The summed E-state index contributed by atoms with van der Waals surface area (Å²) in [5, 5.41) is 3.48. The summed E-state index contributed by atoms with van der Waals surface area (Å²) in [5.41, 5.74) is 4.25. The zero-order valence-corrected chi connectivity index (χ0v) is 12.0. The lowest BCUT2D eigenvalue weighted by molar-refractivity contribution is 0.363. The molecule has 1 rings (SSSR count). The predicted octanol–water partition coefficient (Wildman–Crippen LogP) is 3.73. The normalized spacial score (nSPS) is 13.1. The third-order valence-corrected chi connectivity index (χ3v) is 3.38. The molecule has 17 heavy (non-hydrogen) atoms. The molecule has 0 radical (unpaired) electrons. The van der Waals surface area contributed by atoms with E-state index in [1.165, 1.54) is 23.1 Å². The van der Waals surface area contributed by atoms with Gasteiger partial charge in [-0.3, -0.25) is 0 Å². The Morgan fingerprint density at radius 1 is 1.06 bits per heavy atom. The quantitative estimate of drug-likeness (QED) is 0.789. The summed E-state index contributed by atoms with van der Waals surface area (Å²) in [5.74, 6) is 1.46. The summed E-state index contributed by atoms with van der Waals surface area (Å²) in [6.45, 7) is 13.4. The van der Waals surface area contributed by atoms with Crippen LogP contribution >= 0.6 is 0 Å². The molecule has 1 nitrogen and oxygen atoms in total. The molecule has 1 aromatic carbocycles. The molecule has 0 amide bonds. The van der Waals surface area contributed by atoms with Crippen LogP contribution in [-0.4, -0.2) is 13.1 Å². The Labute approximate surface area is 107 Å². The zero-order valence-electron chi connectivity index (χ0n) is 12.0. The fraction of sp³-hybridized carbons (Fsp3) is 0.625. The molecular formula is C16H27N. The van der Waals surface area contributed by atoms with Gasteiger partial charge in [0.15, 0.2) is 0 Å². The first-order valence-corrected chi connectivity index (χ1v) is 6.80. The fourth-order valence-electron chi connectivity index (χ4n) is 2.36. The van der Waals surface area contributed by atoms with Gasteiger partial charge >= 0.3 is 0 Å². The summed E-state index contributed by atoms with van der Waals surface area (Å²) in [6.07, 6.45) is 1.19. The highest BCUT2D eigenvalue weighted by atomic mass is 14.8. The van der Waals surface area contributed by atoms with Crippen LogP contribution in [0, 0.1) is 25.7 Å². The summed E-state index contributed by atoms with van der Waals surface area (Å²) < 4.78 is 0. The van der Waals surface area contributed by atoms with Crippen LogP contribution < -0.4 is 5.32 Å². The molecule has 0 aromatic heterocycles. The summed E-state index contributed by atoms with van der Waals surface area (Å²) in [7, 11) is 0. The SMILES string of the molecule is CCNCC(Cc1cc(C)cc(C)c1)C(C)C. The van der Waals surface area contributed by atoms with Gasteiger partial charge < -0.3 is 5.32 Å². The Hall–Kier alpha value is -0.820. The number of nitrogens with one attached hydrogen (secondary N) is 1. The number of aryl methyl sites for hydroxylation is 2. The van der Waals surface area contributed by atoms with E-state index in [1.54, 1.807) is 0 Å². The van der Waals surface area contributed by atoms with Crippen molar-refractivity contribution in [1.82, 2.24) is 5.32 Å². The van der Waals surface area contributed by atoms with E-state index in [2.05, 4.69) is 58.1 Å². The second-order valence-corrected chi connectivity index (χ2v) is 5.51. The second-order valence-electron chi connectivity index (χ2n) is 5.51. The summed E-state index contributed by atoms with van der Waals surface area (Å²) in [4.78, 5) is 0. The fourth-order valence-corrected chi connectivity index (χ4v) is 2.36. The van der Waals surface area contributed by atoms with Crippen molar-refractivity contribution in [2.24, 2.45) is 11.8 Å². The van der Waals surface area contributed by atoms with E-state index in [-0.39, 0.29) is 0 Å². The van der Waals surface area contributed by atoms with Gasteiger partial charge in [-0.05, 0) is 50.8 Å². The molecule has 0 fully saturated rings. The van der Waals surface area contributed by atoms with Crippen LogP contribution in [0.25, 0.3) is 0 Å². The highest BCUT2D eigenvalue weighted by molar-refractivity contribution is 5.28. The van der Waals surface area contributed by atoms with E-state index in [0.717, 1.165) is 24.9 Å². The van der Waals surface area contributed by atoms with Gasteiger partial charge in [0.05, 0.1) is 0 Å². The molecule has 1 aromatic rings. The molecule has 0 aliphatic heterocycles. The molecule has 1 N–H and O–H groups in total. The Morgan fingerprint density at radius 2 is 1.65 bits per heavy atom. The Kier molecular flexibility index (Phi) is 5.70. The monoisotopic (exact) mass is 233 g/mol. The van der Waals surface area contributed by atoms with Crippen LogP contribution in [0.4, 0.5) is 0 Å². The van der Waals surface area contributed by atoms with Crippen molar-refractivity contribution in [3.8, 4) is 0 Å². The molecule has 1 heteroatoms. The molecule has 1 atom stereocenters. The lowest BCUT2D eigenvalue weighted by atomic mass is 9.88. The van der Waals surface area contributed by atoms with Gasteiger partial charge in [0.25, 0.3) is 0 Å². The van der Waals surface area contributed by atoms with Crippen LogP contribution in [0.1, 0.15) is 37.5 Å². The van der Waals surface area contributed by atoms with Crippen LogP contribution in [0.3, 0.4) is 0 Å². The predicted molar refractivity (Wildman–Crippen MR) is 76.5 cm³/mol. The molecule has 0 heterocycles. The maximum Gasteiger partial charge on any atom is -0.00150 e. The maximum absolute atomic E-state index is 3.48. The lowest BCUT2D eigenvalue weighted by Gasteiger charge is -2.21. The molecular weight excluding hydrogens is 206 g/mol. The smallest absolute Gasteiger partial charge is 0.00150 e. The molecule has 0 saturated carbocycles. The van der Waals surface area contributed by atoms with Gasteiger partial charge in [0.2, 0.25) is 0 Å². The number of benzene rings is 1. The van der Waals surface area contributed by atoms with Gasteiger partial charge in [-0.25, -0.2) is 0 Å². The average molecular weight is 233 g/mol. The highest BCUT2D eigenvalue weighted by Crippen LogP contribution is 2.18. The molecule has 0 bridgehead atoms. The van der Waals surface area contributed by atoms with Gasteiger partial charge in [-0.2, -0.15) is 0 Å². The van der Waals surface area contributed by atoms with Crippen molar-refractivity contribution in [2.75, 3.05) is 13.1 Å². The highest BCUT2D eigenvalue weighted by Gasteiger charge is 2.13. The van der Waals surface area contributed by atoms with Crippen LogP contribution in [0.5, 0.6) is 0 Å².